The van der Waals surface area contributed by atoms with Crippen LogP contribution < -0.4 is 5.32 Å². The highest BCUT2D eigenvalue weighted by molar-refractivity contribution is 5.72. The maximum Gasteiger partial charge on any atom is 0.320 e. The lowest BCUT2D eigenvalue weighted by Crippen LogP contribution is -2.78. The quantitative estimate of drug-likeness (QED) is 0.651. The molecule has 5 unspecified atom stereocenters. The van der Waals surface area contributed by atoms with Gasteiger partial charge in [0.1, 0.15) is 6.04 Å². The van der Waals surface area contributed by atoms with Crippen LogP contribution in [0.1, 0.15) is 45.4 Å². The van der Waals surface area contributed by atoms with Crippen molar-refractivity contribution in [3.05, 3.63) is 0 Å². The summed E-state index contributed by atoms with van der Waals surface area (Å²) < 4.78 is 13.1. The predicted octanol–water partition coefficient (Wildman–Crippen LogP) is 0.845. The standard InChI is InChI=1S/C21H34N2O5/c1-11(19(25)26)22-13-6-7-21(27-3)15-10-12-4-5-14(24)17-16(12)20(21,18(13)28-17)8-9-23(15)2/h11-18,22,24H,4-10H2,1-3H3,(H,25,26)/t11-,12?,13-,14?,15?,16?,17?,18-,20-,21+/m0/s1. The van der Waals surface area contributed by atoms with Crippen molar-refractivity contribution in [2.75, 3.05) is 20.7 Å². The van der Waals surface area contributed by atoms with Gasteiger partial charge in [-0.05, 0) is 65.0 Å². The zero-order chi connectivity index (χ0) is 19.8. The minimum Gasteiger partial charge on any atom is -0.480 e. The van der Waals surface area contributed by atoms with Gasteiger partial charge in [-0.1, -0.05) is 0 Å². The van der Waals surface area contributed by atoms with E-state index in [2.05, 4.69) is 17.3 Å². The summed E-state index contributed by atoms with van der Waals surface area (Å²) >= 11 is 0. The fraction of sp³-hybridized carbons (Fsp3) is 0.952. The van der Waals surface area contributed by atoms with Crippen LogP contribution in [0.4, 0.5) is 0 Å². The predicted molar refractivity (Wildman–Crippen MR) is 102 cm³/mol. The molecule has 10 atom stereocenters. The second kappa shape index (κ2) is 6.38. The molecule has 2 heterocycles. The first-order chi connectivity index (χ1) is 13.4. The highest BCUT2D eigenvalue weighted by atomic mass is 16.5. The Kier molecular flexibility index (Phi) is 4.39. The molecule has 1 spiro atoms. The highest BCUT2D eigenvalue weighted by Crippen LogP contribution is 2.70. The van der Waals surface area contributed by atoms with Gasteiger partial charge in [-0.3, -0.25) is 10.1 Å². The normalized spacial score (nSPS) is 53.5. The van der Waals surface area contributed by atoms with Crippen LogP contribution in [0, 0.1) is 17.3 Å². The molecule has 3 N–H and O–H groups in total. The maximum atomic E-state index is 11.5. The largest absolute Gasteiger partial charge is 0.480 e. The second-order valence-electron chi connectivity index (χ2n) is 9.94. The van der Waals surface area contributed by atoms with E-state index in [4.69, 9.17) is 9.47 Å². The molecule has 0 aromatic rings. The molecule has 3 aliphatic carbocycles. The summed E-state index contributed by atoms with van der Waals surface area (Å²) in [6.45, 7) is 2.71. The van der Waals surface area contributed by atoms with E-state index in [1.807, 2.05) is 7.11 Å². The van der Waals surface area contributed by atoms with Gasteiger partial charge in [0.05, 0.1) is 23.9 Å². The smallest absolute Gasteiger partial charge is 0.320 e. The number of likely N-dealkylation sites (tertiary alicyclic amines) is 1. The van der Waals surface area contributed by atoms with Gasteiger partial charge >= 0.3 is 5.97 Å². The summed E-state index contributed by atoms with van der Waals surface area (Å²) in [6, 6.07) is -0.269. The fourth-order valence-corrected chi connectivity index (χ4v) is 8.12. The van der Waals surface area contributed by atoms with E-state index in [9.17, 15) is 15.0 Å². The van der Waals surface area contributed by atoms with Gasteiger partial charge < -0.3 is 24.6 Å². The van der Waals surface area contributed by atoms with Crippen LogP contribution in [0.2, 0.25) is 0 Å². The average molecular weight is 395 g/mol. The van der Waals surface area contributed by atoms with Crippen LogP contribution in [0.5, 0.6) is 0 Å². The van der Waals surface area contributed by atoms with Crippen molar-refractivity contribution in [3.63, 3.8) is 0 Å². The van der Waals surface area contributed by atoms with Crippen molar-refractivity contribution in [3.8, 4) is 0 Å². The number of aliphatic carboxylic acids is 1. The lowest BCUT2D eigenvalue weighted by molar-refractivity contribution is -0.269. The molecular formula is C21H34N2O5. The van der Waals surface area contributed by atoms with E-state index in [0.717, 1.165) is 45.1 Å². The Balaban J connectivity index is 1.61. The number of nitrogens with one attached hydrogen (secondary N) is 1. The second-order valence-corrected chi connectivity index (χ2v) is 9.94. The van der Waals surface area contributed by atoms with Gasteiger partial charge in [0, 0.05) is 30.5 Å². The molecule has 3 saturated carbocycles. The lowest BCUT2D eigenvalue weighted by Gasteiger charge is -2.69. The number of carboxylic acids is 1. The fourth-order valence-electron chi connectivity index (χ4n) is 8.12. The van der Waals surface area contributed by atoms with E-state index in [-0.39, 0.29) is 29.3 Å². The Morgan fingerprint density at radius 3 is 2.82 bits per heavy atom. The zero-order valence-corrected chi connectivity index (χ0v) is 17.1. The van der Waals surface area contributed by atoms with Gasteiger partial charge in [0.15, 0.2) is 0 Å². The first-order valence-corrected chi connectivity index (χ1v) is 10.9. The molecule has 5 aliphatic rings. The van der Waals surface area contributed by atoms with Gasteiger partial charge in [0.25, 0.3) is 0 Å². The summed E-state index contributed by atoms with van der Waals surface area (Å²) in [7, 11) is 4.07. The van der Waals surface area contributed by atoms with Gasteiger partial charge in [0.2, 0.25) is 0 Å². The van der Waals surface area contributed by atoms with Crippen LogP contribution in [0.15, 0.2) is 0 Å². The molecule has 5 rings (SSSR count). The van der Waals surface area contributed by atoms with Gasteiger partial charge in [-0.25, -0.2) is 0 Å². The molecule has 2 aliphatic heterocycles. The number of methoxy groups -OCH3 is 1. The van der Waals surface area contributed by atoms with Crippen LogP contribution in [-0.4, -0.2) is 83.8 Å². The molecule has 7 nitrogen and oxygen atoms in total. The first-order valence-electron chi connectivity index (χ1n) is 10.9. The van der Waals surface area contributed by atoms with Crippen molar-refractivity contribution in [2.45, 2.75) is 87.5 Å². The Morgan fingerprint density at radius 2 is 2.11 bits per heavy atom. The van der Waals surface area contributed by atoms with Crippen molar-refractivity contribution in [1.82, 2.24) is 10.2 Å². The van der Waals surface area contributed by atoms with Gasteiger partial charge in [-0.2, -0.15) is 0 Å². The Morgan fingerprint density at radius 1 is 1.32 bits per heavy atom. The molecule has 28 heavy (non-hydrogen) atoms. The molecule has 0 aromatic carbocycles. The molecule has 5 fully saturated rings. The SMILES string of the molecule is CO[C@]12CC[C@H](N[C@@H](C)C(=O)O)[C@@H]3OC4C(O)CCC5CC1N(C)CC[C@]32C54. The summed E-state index contributed by atoms with van der Waals surface area (Å²) in [4.78, 5) is 14.0. The third-order valence-corrected chi connectivity index (χ3v) is 9.13. The number of carboxylic acid groups (broad SMARTS) is 1. The number of likely N-dealkylation sites (N-methyl/N-ethyl adjacent to an activating group) is 1. The van der Waals surface area contributed by atoms with E-state index < -0.39 is 18.1 Å². The summed E-state index contributed by atoms with van der Waals surface area (Å²) in [6.07, 6.45) is 5.01. The van der Waals surface area contributed by atoms with Crippen LogP contribution in [0.3, 0.4) is 0 Å². The summed E-state index contributed by atoms with van der Waals surface area (Å²) in [5, 5.41) is 23.6. The summed E-state index contributed by atoms with van der Waals surface area (Å²) in [5.74, 6) is 0.0141. The van der Waals surface area contributed by atoms with Crippen molar-refractivity contribution in [2.24, 2.45) is 17.3 Å². The molecular weight excluding hydrogens is 360 g/mol. The molecule has 0 aromatic heterocycles. The Labute approximate surface area is 166 Å². The topological polar surface area (TPSA) is 91.3 Å². The minimum absolute atomic E-state index is 0.0185. The number of hydrogen-bond acceptors (Lipinski definition) is 6. The number of nitrogens with zero attached hydrogens (tertiary/aromatic N) is 1. The van der Waals surface area contributed by atoms with E-state index >= 15 is 0 Å². The first kappa shape index (κ1) is 19.2. The molecule has 0 radical (unpaired) electrons. The molecule has 158 valence electrons. The number of aliphatic hydroxyl groups excluding tert-OH is 1. The van der Waals surface area contributed by atoms with Crippen LogP contribution in [0.25, 0.3) is 0 Å². The van der Waals surface area contributed by atoms with E-state index in [0.29, 0.717) is 17.9 Å². The monoisotopic (exact) mass is 394 g/mol. The van der Waals surface area contributed by atoms with Crippen molar-refractivity contribution >= 4 is 5.97 Å². The third-order valence-electron chi connectivity index (χ3n) is 9.13. The summed E-state index contributed by atoms with van der Waals surface area (Å²) in [5.41, 5.74) is -0.426. The zero-order valence-electron chi connectivity index (χ0n) is 17.1. The number of carbonyl (C=O) groups is 1. The van der Waals surface area contributed by atoms with E-state index in [1.165, 1.54) is 0 Å². The van der Waals surface area contributed by atoms with Crippen LogP contribution in [-0.2, 0) is 14.3 Å². The van der Waals surface area contributed by atoms with Crippen molar-refractivity contribution < 1.29 is 24.5 Å². The number of ether oxygens (including phenoxy) is 2. The van der Waals surface area contributed by atoms with Gasteiger partial charge in [-0.15, -0.1) is 0 Å². The average Bonchev–Trinajstić information content (AvgIpc) is 3.03. The number of aliphatic hydroxyl groups is 1. The third kappa shape index (κ3) is 2.20. The molecule has 2 bridgehead atoms. The minimum atomic E-state index is -0.834. The Bertz CT molecular complexity index is 661. The van der Waals surface area contributed by atoms with Crippen molar-refractivity contribution in [1.29, 1.82) is 0 Å². The number of hydrogen-bond donors (Lipinski definition) is 3. The molecule has 0 amide bonds. The molecule has 7 heteroatoms. The number of piperidine rings is 1. The number of rotatable bonds is 4. The maximum absolute atomic E-state index is 11.5. The van der Waals surface area contributed by atoms with E-state index in [1.54, 1.807) is 6.92 Å². The lowest BCUT2D eigenvalue weighted by atomic mass is 9.42. The Hall–Kier alpha value is -0.730. The highest BCUT2D eigenvalue weighted by Gasteiger charge is 2.78. The van der Waals surface area contributed by atoms with Crippen LogP contribution >= 0.6 is 0 Å². The molecule has 2 saturated heterocycles.